The molecule has 192 valence electrons. The average Bonchev–Trinajstić information content (AvgIpc) is 3.19. The number of anilines is 2. The first-order valence-corrected chi connectivity index (χ1v) is 12.2. The number of alkyl halides is 2. The van der Waals surface area contributed by atoms with Gasteiger partial charge in [-0.05, 0) is 82.8 Å². The van der Waals surface area contributed by atoms with Gasteiger partial charge >= 0.3 is 6.61 Å². The third-order valence-electron chi connectivity index (χ3n) is 7.36. The molecule has 0 amide bonds. The van der Waals surface area contributed by atoms with Gasteiger partial charge in [-0.25, -0.2) is 9.97 Å². The maximum absolute atomic E-state index is 13.2. The van der Waals surface area contributed by atoms with Crippen LogP contribution in [0, 0.1) is 0 Å². The summed E-state index contributed by atoms with van der Waals surface area (Å²) in [6.45, 7) is 0.614. The molecule has 11 heteroatoms. The lowest BCUT2D eigenvalue weighted by Crippen LogP contribution is -2.38. The summed E-state index contributed by atoms with van der Waals surface area (Å²) in [5, 5.41) is 14.3. The molecule has 0 unspecified atom stereocenters. The van der Waals surface area contributed by atoms with Crippen molar-refractivity contribution < 1.29 is 18.6 Å². The van der Waals surface area contributed by atoms with Crippen LogP contribution in [0.2, 0.25) is 0 Å². The van der Waals surface area contributed by atoms with E-state index in [1.807, 2.05) is 18.3 Å². The number of fused-ring (bicyclic) bond motifs is 1. The van der Waals surface area contributed by atoms with Gasteiger partial charge in [0.1, 0.15) is 11.5 Å². The van der Waals surface area contributed by atoms with E-state index in [9.17, 15) is 18.7 Å². The zero-order chi connectivity index (χ0) is 25.4. The van der Waals surface area contributed by atoms with Gasteiger partial charge in [0, 0.05) is 17.8 Å². The maximum atomic E-state index is 13.2. The molecule has 2 N–H and O–H groups in total. The number of rotatable bonds is 6. The van der Waals surface area contributed by atoms with Crippen LogP contribution in [0.4, 0.5) is 20.5 Å². The Kier molecular flexibility index (Phi) is 6.60. The number of halogens is 2. The predicted molar refractivity (Wildman–Crippen MR) is 131 cm³/mol. The minimum Gasteiger partial charge on any atom is -0.429 e. The molecule has 4 heterocycles. The molecule has 9 nitrogen and oxygen atoms in total. The van der Waals surface area contributed by atoms with Gasteiger partial charge < -0.3 is 20.1 Å². The first-order chi connectivity index (χ1) is 17.2. The van der Waals surface area contributed by atoms with Gasteiger partial charge in [0.25, 0.3) is 5.56 Å². The Hall–Kier alpha value is -3.18. The largest absolute Gasteiger partial charge is 0.429 e. The van der Waals surface area contributed by atoms with Crippen LogP contribution in [0.15, 0.2) is 35.4 Å². The van der Waals surface area contributed by atoms with E-state index in [-0.39, 0.29) is 11.6 Å². The third kappa shape index (κ3) is 4.90. The van der Waals surface area contributed by atoms with E-state index in [1.54, 1.807) is 6.92 Å². The summed E-state index contributed by atoms with van der Waals surface area (Å²) in [7, 11) is 2.13. The van der Waals surface area contributed by atoms with Crippen LogP contribution in [-0.4, -0.2) is 61.9 Å². The molecule has 0 spiro atoms. The number of aliphatic hydroxyl groups is 1. The van der Waals surface area contributed by atoms with Crippen LogP contribution in [0.25, 0.3) is 11.0 Å². The van der Waals surface area contributed by atoms with E-state index < -0.39 is 29.6 Å². The van der Waals surface area contributed by atoms with Crippen molar-refractivity contribution in [2.45, 2.75) is 63.2 Å². The minimum atomic E-state index is -3.15. The Bertz CT molecular complexity index is 1290. The summed E-state index contributed by atoms with van der Waals surface area (Å²) in [5.41, 5.74) is -0.532. The molecule has 2 fully saturated rings. The number of hydrogen-bond acceptors (Lipinski definition) is 8. The van der Waals surface area contributed by atoms with Gasteiger partial charge in [-0.2, -0.15) is 13.8 Å². The highest BCUT2D eigenvalue weighted by Gasteiger charge is 2.40. The monoisotopic (exact) mass is 500 g/mol. The van der Waals surface area contributed by atoms with Gasteiger partial charge in [0.2, 0.25) is 5.95 Å². The Labute approximate surface area is 207 Å². The molecule has 5 rings (SSSR count). The number of pyridine rings is 2. The number of ether oxygens (including phenoxy) is 1. The lowest BCUT2D eigenvalue weighted by molar-refractivity contribution is -0.0513. The van der Waals surface area contributed by atoms with Crippen LogP contribution < -0.4 is 15.6 Å². The zero-order valence-electron chi connectivity index (χ0n) is 20.3. The smallest absolute Gasteiger partial charge is 0.387 e. The molecule has 0 aromatic carbocycles. The number of nitrogens with zero attached hydrogens (tertiary/aromatic N) is 5. The van der Waals surface area contributed by atoms with Crippen molar-refractivity contribution in [2.75, 3.05) is 25.5 Å². The topological polar surface area (TPSA) is 105 Å². The molecule has 3 aromatic rings. The van der Waals surface area contributed by atoms with Crippen LogP contribution in [0.3, 0.4) is 0 Å². The first-order valence-electron chi connectivity index (χ1n) is 12.2. The van der Waals surface area contributed by atoms with E-state index in [0.717, 1.165) is 25.9 Å². The summed E-state index contributed by atoms with van der Waals surface area (Å²) in [5.74, 6) is 0.731. The van der Waals surface area contributed by atoms with Crippen molar-refractivity contribution in [1.29, 1.82) is 0 Å². The Balaban J connectivity index is 1.47. The van der Waals surface area contributed by atoms with E-state index in [1.165, 1.54) is 22.4 Å². The van der Waals surface area contributed by atoms with E-state index >= 15 is 0 Å². The molecule has 1 saturated carbocycles. The second-order valence-corrected chi connectivity index (χ2v) is 9.98. The number of nitrogens with one attached hydrogen (secondary N) is 1. The molecule has 1 aliphatic carbocycles. The molecule has 36 heavy (non-hydrogen) atoms. The van der Waals surface area contributed by atoms with Crippen molar-refractivity contribution in [3.05, 3.63) is 46.5 Å². The van der Waals surface area contributed by atoms with Gasteiger partial charge in [-0.15, -0.1) is 0 Å². The molecule has 3 aromatic heterocycles. The van der Waals surface area contributed by atoms with Gasteiger partial charge in [-0.1, -0.05) is 6.07 Å². The quantitative estimate of drug-likeness (QED) is 0.526. The minimum absolute atomic E-state index is 0.204. The number of likely N-dealkylation sites (tertiary alicyclic amines) is 1. The highest BCUT2D eigenvalue weighted by atomic mass is 19.3. The number of hydrogen-bond donors (Lipinski definition) is 2. The molecular weight excluding hydrogens is 470 g/mol. The third-order valence-corrected chi connectivity index (χ3v) is 7.36. The zero-order valence-corrected chi connectivity index (χ0v) is 20.3. The standard InChI is InChI=1S/C25H30F2N6O3/c1-25(35)9-3-4-19(25)33-21-17(12-18(22(33)34)36-23(26)27)14-29-24(31-21)30-20-6-5-16(13-28-20)15-7-10-32(2)11-8-15/h5-6,12-15,19,23,35H,3-4,7-11H2,1-2H3,(H,28,29,30,31)/t19-,25-/m1/s1. The Morgan fingerprint density at radius 1 is 1.19 bits per heavy atom. The van der Waals surface area contributed by atoms with Crippen LogP contribution >= 0.6 is 0 Å². The van der Waals surface area contributed by atoms with Crippen LogP contribution in [0.5, 0.6) is 5.75 Å². The van der Waals surface area contributed by atoms with E-state index in [0.29, 0.717) is 36.4 Å². The summed E-state index contributed by atoms with van der Waals surface area (Å²) < 4.78 is 31.7. The van der Waals surface area contributed by atoms with Gasteiger partial charge in [-0.3, -0.25) is 9.36 Å². The number of piperidine rings is 1. The Morgan fingerprint density at radius 3 is 2.61 bits per heavy atom. The van der Waals surface area contributed by atoms with E-state index in [2.05, 4.69) is 37.0 Å². The lowest BCUT2D eigenvalue weighted by Gasteiger charge is -2.29. The summed E-state index contributed by atoms with van der Waals surface area (Å²) >= 11 is 0. The molecule has 1 aliphatic heterocycles. The summed E-state index contributed by atoms with van der Waals surface area (Å²) in [6.07, 6.45) is 7.17. The molecule has 2 atom stereocenters. The fraction of sp³-hybridized carbons (Fsp3) is 0.520. The van der Waals surface area contributed by atoms with Crippen molar-refractivity contribution in [3.8, 4) is 5.75 Å². The second kappa shape index (κ2) is 9.70. The van der Waals surface area contributed by atoms with Crippen LogP contribution in [0.1, 0.15) is 56.6 Å². The fourth-order valence-corrected chi connectivity index (χ4v) is 5.34. The first kappa shape index (κ1) is 24.5. The maximum Gasteiger partial charge on any atom is 0.387 e. The SMILES string of the molecule is CN1CCC(c2ccc(Nc3ncc4cc(OC(F)F)c(=O)n([C@@H]5CCC[C@@]5(C)O)c4n3)nc2)CC1. The van der Waals surface area contributed by atoms with Crippen molar-refractivity contribution in [1.82, 2.24) is 24.4 Å². The Morgan fingerprint density at radius 2 is 1.97 bits per heavy atom. The van der Waals surface area contributed by atoms with Crippen LogP contribution in [-0.2, 0) is 0 Å². The molecular formula is C25H30F2N6O3. The molecule has 1 saturated heterocycles. The summed E-state index contributed by atoms with van der Waals surface area (Å²) in [4.78, 5) is 28.8. The highest BCUT2D eigenvalue weighted by molar-refractivity contribution is 5.77. The fourth-order valence-electron chi connectivity index (χ4n) is 5.34. The highest BCUT2D eigenvalue weighted by Crippen LogP contribution is 2.40. The molecule has 0 bridgehead atoms. The van der Waals surface area contributed by atoms with Gasteiger partial charge in [0.05, 0.1) is 11.6 Å². The van der Waals surface area contributed by atoms with Crippen molar-refractivity contribution in [3.63, 3.8) is 0 Å². The molecule has 2 aliphatic rings. The lowest BCUT2D eigenvalue weighted by atomic mass is 9.91. The van der Waals surface area contributed by atoms with E-state index in [4.69, 9.17) is 0 Å². The molecule has 0 radical (unpaired) electrons. The van der Waals surface area contributed by atoms with Crippen molar-refractivity contribution >= 4 is 22.8 Å². The number of aromatic nitrogens is 4. The predicted octanol–water partition coefficient (Wildman–Crippen LogP) is 3.82. The normalized spacial score (nSPS) is 23.4. The average molecular weight is 501 g/mol. The summed E-state index contributed by atoms with van der Waals surface area (Å²) in [6, 6.07) is 4.49. The van der Waals surface area contributed by atoms with Gasteiger partial charge in [0.15, 0.2) is 5.75 Å². The second-order valence-electron chi connectivity index (χ2n) is 9.98. The van der Waals surface area contributed by atoms with Crippen molar-refractivity contribution in [2.24, 2.45) is 0 Å².